The predicted molar refractivity (Wildman–Crippen MR) is 115 cm³/mol. The molecule has 1 rings (SSSR count). The monoisotopic (exact) mass is 454 g/mol. The van der Waals surface area contributed by atoms with E-state index < -0.39 is 0 Å². The highest BCUT2D eigenvalue weighted by Gasteiger charge is 2.33. The van der Waals surface area contributed by atoms with Crippen molar-refractivity contribution in [2.45, 2.75) is 58.9 Å². The van der Waals surface area contributed by atoms with E-state index in [9.17, 15) is 0 Å². The van der Waals surface area contributed by atoms with E-state index in [1.54, 1.807) is 7.11 Å². The fraction of sp³-hybridized carbons (Fsp3) is 0.944. The Labute approximate surface area is 166 Å². The van der Waals surface area contributed by atoms with E-state index in [2.05, 4.69) is 43.4 Å². The van der Waals surface area contributed by atoms with Gasteiger partial charge in [-0.05, 0) is 52.5 Å². The first-order valence-corrected chi connectivity index (χ1v) is 9.24. The normalized spacial score (nSPS) is 17.2. The van der Waals surface area contributed by atoms with Gasteiger partial charge in [0.2, 0.25) is 0 Å². The summed E-state index contributed by atoms with van der Waals surface area (Å²) in [5, 5.41) is 6.84. The largest absolute Gasteiger partial charge is 0.385 e. The minimum absolute atomic E-state index is 0. The minimum atomic E-state index is 0. The van der Waals surface area contributed by atoms with Crippen molar-refractivity contribution in [1.82, 2.24) is 15.5 Å². The van der Waals surface area contributed by atoms with E-state index in [0.717, 1.165) is 45.2 Å². The number of likely N-dealkylation sites (N-methyl/N-ethyl adjacent to an activating group) is 1. The number of guanidine groups is 1. The molecule has 1 aliphatic carbocycles. The first-order valence-electron chi connectivity index (χ1n) is 9.24. The van der Waals surface area contributed by atoms with Crippen LogP contribution in [0.1, 0.15) is 52.9 Å². The number of nitrogens with one attached hydrogen (secondary N) is 2. The molecule has 0 spiro atoms. The smallest absolute Gasteiger partial charge is 0.191 e. The lowest BCUT2D eigenvalue weighted by molar-refractivity contribution is 0.141. The van der Waals surface area contributed by atoms with Crippen molar-refractivity contribution >= 4 is 29.9 Å². The first-order chi connectivity index (χ1) is 11.0. The van der Waals surface area contributed by atoms with E-state index in [1.165, 1.54) is 25.7 Å². The highest BCUT2D eigenvalue weighted by atomic mass is 127. The second-order valence-corrected chi connectivity index (χ2v) is 7.15. The molecule has 6 heteroatoms. The van der Waals surface area contributed by atoms with Crippen molar-refractivity contribution < 1.29 is 4.74 Å². The summed E-state index contributed by atoms with van der Waals surface area (Å²) in [7, 11) is 3.96. The third-order valence-corrected chi connectivity index (χ3v) is 5.06. The van der Waals surface area contributed by atoms with Crippen LogP contribution in [0.3, 0.4) is 0 Å². The Hall–Kier alpha value is -0.0800. The Bertz CT molecular complexity index is 344. The lowest BCUT2D eigenvalue weighted by Gasteiger charge is -2.27. The molecule has 24 heavy (non-hydrogen) atoms. The van der Waals surface area contributed by atoms with Crippen LogP contribution in [0.5, 0.6) is 0 Å². The maximum atomic E-state index is 5.31. The van der Waals surface area contributed by atoms with Gasteiger partial charge in [-0.1, -0.05) is 12.8 Å². The highest BCUT2D eigenvalue weighted by Crippen LogP contribution is 2.41. The molecule has 0 bridgehead atoms. The average molecular weight is 454 g/mol. The number of hydrogen-bond donors (Lipinski definition) is 2. The van der Waals surface area contributed by atoms with Gasteiger partial charge in [-0.2, -0.15) is 0 Å². The van der Waals surface area contributed by atoms with Crippen LogP contribution in [0.15, 0.2) is 4.99 Å². The average Bonchev–Trinajstić information content (AvgIpc) is 2.99. The molecule has 5 nitrogen and oxygen atoms in total. The first kappa shape index (κ1) is 23.9. The molecular formula is C18H39IN4O. The Kier molecular flexibility index (Phi) is 13.1. The number of ether oxygens (including phenoxy) is 1. The summed E-state index contributed by atoms with van der Waals surface area (Å²) in [6.07, 6.45) is 6.37. The van der Waals surface area contributed by atoms with Gasteiger partial charge in [0.1, 0.15) is 0 Å². The number of nitrogens with zero attached hydrogens (tertiary/aromatic N) is 2. The predicted octanol–water partition coefficient (Wildman–Crippen LogP) is 3.10. The molecule has 0 atom stereocenters. The third kappa shape index (κ3) is 8.85. The fourth-order valence-corrected chi connectivity index (χ4v) is 3.13. The van der Waals surface area contributed by atoms with Gasteiger partial charge >= 0.3 is 0 Å². The van der Waals surface area contributed by atoms with Crippen molar-refractivity contribution in [1.29, 1.82) is 0 Å². The summed E-state index contributed by atoms with van der Waals surface area (Å²) in [6.45, 7) is 11.2. The fourth-order valence-electron chi connectivity index (χ4n) is 3.13. The maximum Gasteiger partial charge on any atom is 0.191 e. The van der Waals surface area contributed by atoms with E-state index in [-0.39, 0.29) is 24.0 Å². The molecule has 1 aliphatic rings. The zero-order valence-corrected chi connectivity index (χ0v) is 18.7. The molecule has 0 aromatic heterocycles. The molecule has 0 saturated heterocycles. The topological polar surface area (TPSA) is 48.9 Å². The van der Waals surface area contributed by atoms with Gasteiger partial charge in [0.05, 0.1) is 0 Å². The number of methoxy groups -OCH3 is 1. The van der Waals surface area contributed by atoms with Gasteiger partial charge < -0.3 is 20.3 Å². The Morgan fingerprint density at radius 1 is 1.25 bits per heavy atom. The van der Waals surface area contributed by atoms with E-state index in [0.29, 0.717) is 11.5 Å². The Balaban J connectivity index is 0.00000529. The Morgan fingerprint density at radius 3 is 2.46 bits per heavy atom. The number of aliphatic imine (C=N–C) groups is 1. The van der Waals surface area contributed by atoms with Crippen LogP contribution in [0, 0.1) is 5.41 Å². The van der Waals surface area contributed by atoms with Crippen LogP contribution in [0.2, 0.25) is 0 Å². The van der Waals surface area contributed by atoms with Crippen LogP contribution in [-0.2, 0) is 4.74 Å². The van der Waals surface area contributed by atoms with E-state index in [4.69, 9.17) is 9.73 Å². The van der Waals surface area contributed by atoms with Crippen molar-refractivity contribution in [3.05, 3.63) is 0 Å². The van der Waals surface area contributed by atoms with Crippen LogP contribution < -0.4 is 10.6 Å². The highest BCUT2D eigenvalue weighted by molar-refractivity contribution is 14.0. The standard InChI is InChI=1S/C18H38N4O.HI/c1-6-19-17(20-12-13-22(4)16(2)3)21-15-18(11-14-23-5)9-7-8-10-18;/h16H,6-15H2,1-5H3,(H2,19,20,21);1H. The lowest BCUT2D eigenvalue weighted by Crippen LogP contribution is -2.42. The molecule has 1 saturated carbocycles. The van der Waals surface area contributed by atoms with E-state index in [1.807, 2.05) is 0 Å². The molecule has 144 valence electrons. The molecule has 2 N–H and O–H groups in total. The zero-order valence-electron chi connectivity index (χ0n) is 16.4. The van der Waals surface area contributed by atoms with Gasteiger partial charge in [-0.3, -0.25) is 4.99 Å². The lowest BCUT2D eigenvalue weighted by atomic mass is 9.83. The summed E-state index contributed by atoms with van der Waals surface area (Å²) >= 11 is 0. The van der Waals surface area contributed by atoms with Gasteiger partial charge in [0.15, 0.2) is 5.96 Å². The molecule has 0 aromatic rings. The number of halogens is 1. The quantitative estimate of drug-likeness (QED) is 0.303. The summed E-state index contributed by atoms with van der Waals surface area (Å²) < 4.78 is 5.31. The van der Waals surface area contributed by atoms with Crippen LogP contribution in [0.25, 0.3) is 0 Å². The van der Waals surface area contributed by atoms with Crippen molar-refractivity contribution in [2.75, 3.05) is 46.9 Å². The SMILES string of the molecule is CCNC(=NCC1(CCOC)CCCC1)NCCN(C)C(C)C.I. The number of rotatable bonds is 10. The summed E-state index contributed by atoms with van der Waals surface area (Å²) in [4.78, 5) is 7.22. The van der Waals surface area contributed by atoms with Gasteiger partial charge in [-0.15, -0.1) is 24.0 Å². The molecule has 0 unspecified atom stereocenters. The second-order valence-electron chi connectivity index (χ2n) is 7.15. The van der Waals surface area contributed by atoms with Crippen molar-refractivity contribution in [3.8, 4) is 0 Å². The summed E-state index contributed by atoms with van der Waals surface area (Å²) in [5.41, 5.74) is 0.354. The minimum Gasteiger partial charge on any atom is -0.385 e. The molecule has 0 aromatic carbocycles. The number of hydrogen-bond acceptors (Lipinski definition) is 3. The third-order valence-electron chi connectivity index (χ3n) is 5.06. The van der Waals surface area contributed by atoms with Gasteiger partial charge in [0, 0.05) is 45.9 Å². The molecule has 0 heterocycles. The molecular weight excluding hydrogens is 415 g/mol. The maximum absolute atomic E-state index is 5.31. The van der Waals surface area contributed by atoms with Gasteiger partial charge in [0.25, 0.3) is 0 Å². The van der Waals surface area contributed by atoms with Crippen molar-refractivity contribution in [3.63, 3.8) is 0 Å². The molecule has 0 radical (unpaired) electrons. The summed E-state index contributed by atoms with van der Waals surface area (Å²) in [6, 6.07) is 0.576. The van der Waals surface area contributed by atoms with Crippen LogP contribution in [0.4, 0.5) is 0 Å². The molecule has 0 aliphatic heterocycles. The molecule has 1 fully saturated rings. The van der Waals surface area contributed by atoms with Gasteiger partial charge in [-0.25, -0.2) is 0 Å². The second kappa shape index (κ2) is 13.2. The molecule has 0 amide bonds. The van der Waals surface area contributed by atoms with E-state index >= 15 is 0 Å². The van der Waals surface area contributed by atoms with Crippen LogP contribution in [-0.4, -0.2) is 63.8 Å². The zero-order chi connectivity index (χ0) is 17.1. The van der Waals surface area contributed by atoms with Crippen molar-refractivity contribution in [2.24, 2.45) is 10.4 Å². The Morgan fingerprint density at radius 2 is 1.92 bits per heavy atom. The van der Waals surface area contributed by atoms with Crippen LogP contribution >= 0.6 is 24.0 Å². The summed E-state index contributed by atoms with van der Waals surface area (Å²) in [5.74, 6) is 0.952.